The second-order valence-electron chi connectivity index (χ2n) is 9.05. The maximum Gasteiger partial charge on any atom is 0.222 e. The number of carbonyl (C=O) groups excluding carboxylic acids is 1. The third-order valence-corrected chi connectivity index (χ3v) is 4.66. The van der Waals surface area contributed by atoms with E-state index in [-0.39, 0.29) is 16.7 Å². The summed E-state index contributed by atoms with van der Waals surface area (Å²) in [5.41, 5.74) is 2.85. The number of benzene rings is 1. The minimum absolute atomic E-state index is 0.00847. The van der Waals surface area contributed by atoms with Gasteiger partial charge in [0.25, 0.3) is 0 Å². The largest absolute Gasteiger partial charge is 0.507 e. The summed E-state index contributed by atoms with van der Waals surface area (Å²) in [5.74, 6) is 0.484. The predicted octanol–water partition coefficient (Wildman–Crippen LogP) is 5.53. The first-order valence-electron chi connectivity index (χ1n) is 9.56. The van der Waals surface area contributed by atoms with Gasteiger partial charge >= 0.3 is 0 Å². The Kier molecular flexibility index (Phi) is 7.10. The van der Waals surface area contributed by atoms with Gasteiger partial charge in [-0.25, -0.2) is 0 Å². The lowest BCUT2D eigenvalue weighted by Gasteiger charge is -2.29. The van der Waals surface area contributed by atoms with Crippen LogP contribution in [0, 0.1) is 0 Å². The first-order chi connectivity index (χ1) is 11.4. The third-order valence-electron chi connectivity index (χ3n) is 4.66. The summed E-state index contributed by atoms with van der Waals surface area (Å²) in [6.45, 7) is 18.1. The van der Waals surface area contributed by atoms with Gasteiger partial charge in [0, 0.05) is 25.1 Å². The number of hydrogen-bond donors (Lipinski definition) is 1. The molecule has 0 radical (unpaired) electrons. The van der Waals surface area contributed by atoms with E-state index in [9.17, 15) is 9.90 Å². The fraction of sp³-hybridized carbons (Fsp3) is 0.682. The number of phenolic OH excluding ortho intramolecular Hbond substituents is 1. The number of carbonyl (C=O) groups is 1. The molecule has 1 aromatic rings. The Hall–Kier alpha value is -1.51. The molecule has 0 aliphatic heterocycles. The molecule has 25 heavy (non-hydrogen) atoms. The normalized spacial score (nSPS) is 12.3. The predicted molar refractivity (Wildman–Crippen MR) is 106 cm³/mol. The van der Waals surface area contributed by atoms with Gasteiger partial charge in [0.05, 0.1) is 0 Å². The standard InChI is InChI=1S/C22H37NO2/c1-9-11-12-23(19(24)10-2)15-16-13-17(21(3,4)5)14-18(20(16)25)22(6,7)8/h13-14,25H,9-12,15H2,1-8H3. The fourth-order valence-corrected chi connectivity index (χ4v) is 2.89. The lowest BCUT2D eigenvalue weighted by Crippen LogP contribution is -2.31. The van der Waals surface area contributed by atoms with Crippen molar-refractivity contribution in [3.63, 3.8) is 0 Å². The van der Waals surface area contributed by atoms with Gasteiger partial charge < -0.3 is 10.0 Å². The van der Waals surface area contributed by atoms with E-state index in [1.165, 1.54) is 5.56 Å². The van der Waals surface area contributed by atoms with Crippen LogP contribution in [0.15, 0.2) is 12.1 Å². The SMILES string of the molecule is CCCCN(Cc1cc(C(C)(C)C)cc(C(C)(C)C)c1O)C(=O)CC. The highest BCUT2D eigenvalue weighted by atomic mass is 16.3. The quantitative estimate of drug-likeness (QED) is 0.735. The van der Waals surface area contributed by atoms with E-state index in [1.54, 1.807) is 0 Å². The van der Waals surface area contributed by atoms with Crippen LogP contribution < -0.4 is 0 Å². The molecule has 1 N–H and O–H groups in total. The molecule has 1 amide bonds. The molecule has 0 saturated heterocycles. The smallest absolute Gasteiger partial charge is 0.222 e. The minimum atomic E-state index is -0.150. The molecule has 0 saturated carbocycles. The summed E-state index contributed by atoms with van der Waals surface area (Å²) in [4.78, 5) is 14.2. The molecule has 0 fully saturated rings. The van der Waals surface area contributed by atoms with Gasteiger partial charge in [-0.1, -0.05) is 67.9 Å². The molecule has 0 aromatic heterocycles. The van der Waals surface area contributed by atoms with E-state index in [4.69, 9.17) is 0 Å². The number of unbranched alkanes of at least 4 members (excludes halogenated alkanes) is 1. The van der Waals surface area contributed by atoms with Crippen LogP contribution >= 0.6 is 0 Å². The average molecular weight is 348 g/mol. The van der Waals surface area contributed by atoms with Crippen molar-refractivity contribution in [2.24, 2.45) is 0 Å². The second kappa shape index (κ2) is 8.25. The molecule has 142 valence electrons. The maximum atomic E-state index is 12.3. The fourth-order valence-electron chi connectivity index (χ4n) is 2.89. The molecule has 3 nitrogen and oxygen atoms in total. The van der Waals surface area contributed by atoms with Crippen LogP contribution in [-0.4, -0.2) is 22.5 Å². The Labute approximate surface area is 154 Å². The van der Waals surface area contributed by atoms with Crippen molar-refractivity contribution < 1.29 is 9.90 Å². The van der Waals surface area contributed by atoms with Gasteiger partial charge in [-0.3, -0.25) is 4.79 Å². The number of phenols is 1. The highest BCUT2D eigenvalue weighted by molar-refractivity contribution is 5.76. The van der Waals surface area contributed by atoms with E-state index in [0.29, 0.717) is 18.7 Å². The van der Waals surface area contributed by atoms with Gasteiger partial charge in [0.15, 0.2) is 0 Å². The second-order valence-corrected chi connectivity index (χ2v) is 9.05. The molecule has 0 aliphatic rings. The van der Waals surface area contributed by atoms with Crippen molar-refractivity contribution in [1.29, 1.82) is 0 Å². The Bertz CT molecular complexity index is 591. The molecule has 0 unspecified atom stereocenters. The Morgan fingerprint density at radius 1 is 1.04 bits per heavy atom. The summed E-state index contributed by atoms with van der Waals surface area (Å²) in [7, 11) is 0. The highest BCUT2D eigenvalue weighted by Gasteiger charge is 2.26. The Balaban J connectivity index is 3.38. The summed E-state index contributed by atoms with van der Waals surface area (Å²) in [6.07, 6.45) is 2.53. The summed E-state index contributed by atoms with van der Waals surface area (Å²) in [5, 5.41) is 10.9. The monoisotopic (exact) mass is 347 g/mol. The Morgan fingerprint density at radius 3 is 2.08 bits per heavy atom. The first kappa shape index (κ1) is 21.5. The van der Waals surface area contributed by atoms with Gasteiger partial charge in [0.2, 0.25) is 5.91 Å². The molecule has 3 heteroatoms. The summed E-state index contributed by atoms with van der Waals surface area (Å²) >= 11 is 0. The van der Waals surface area contributed by atoms with Crippen LogP contribution in [0.3, 0.4) is 0 Å². The third kappa shape index (κ3) is 5.76. The molecule has 0 spiro atoms. The van der Waals surface area contributed by atoms with Gasteiger partial charge in [-0.2, -0.15) is 0 Å². The topological polar surface area (TPSA) is 40.5 Å². The average Bonchev–Trinajstić information content (AvgIpc) is 2.49. The highest BCUT2D eigenvalue weighted by Crippen LogP contribution is 2.38. The van der Waals surface area contributed by atoms with Crippen molar-refractivity contribution >= 4 is 5.91 Å². The van der Waals surface area contributed by atoms with E-state index >= 15 is 0 Å². The van der Waals surface area contributed by atoms with Crippen LogP contribution in [-0.2, 0) is 22.2 Å². The van der Waals surface area contributed by atoms with Gasteiger partial charge in [-0.05, 0) is 34.4 Å². The first-order valence-corrected chi connectivity index (χ1v) is 9.56. The van der Waals surface area contributed by atoms with Crippen molar-refractivity contribution in [2.45, 2.75) is 92.0 Å². The number of hydrogen-bond acceptors (Lipinski definition) is 2. The molecular weight excluding hydrogens is 310 g/mol. The molecule has 0 heterocycles. The number of rotatable bonds is 6. The lowest BCUT2D eigenvalue weighted by atomic mass is 9.79. The minimum Gasteiger partial charge on any atom is -0.507 e. The summed E-state index contributed by atoms with van der Waals surface area (Å²) in [6, 6.07) is 4.20. The van der Waals surface area contributed by atoms with Crippen molar-refractivity contribution in [3.8, 4) is 5.75 Å². The summed E-state index contributed by atoms with van der Waals surface area (Å²) < 4.78 is 0. The van der Waals surface area contributed by atoms with Crippen molar-refractivity contribution in [2.75, 3.05) is 6.54 Å². The maximum absolute atomic E-state index is 12.3. The van der Waals surface area contributed by atoms with E-state index in [2.05, 4.69) is 60.6 Å². The zero-order valence-electron chi connectivity index (χ0n) is 17.5. The van der Waals surface area contributed by atoms with Crippen LogP contribution in [0.5, 0.6) is 5.75 Å². The molecule has 1 rings (SSSR count). The van der Waals surface area contributed by atoms with Gasteiger partial charge in [0.1, 0.15) is 5.75 Å². The zero-order chi connectivity index (χ0) is 19.4. The zero-order valence-corrected chi connectivity index (χ0v) is 17.5. The molecule has 0 aliphatic carbocycles. The molecule has 1 aromatic carbocycles. The molecular formula is C22H37NO2. The lowest BCUT2D eigenvalue weighted by molar-refractivity contribution is -0.131. The van der Waals surface area contributed by atoms with Gasteiger partial charge in [-0.15, -0.1) is 0 Å². The molecule has 0 atom stereocenters. The van der Waals surface area contributed by atoms with E-state index in [1.807, 2.05) is 11.8 Å². The number of nitrogens with zero attached hydrogens (tertiary/aromatic N) is 1. The number of amides is 1. The number of aromatic hydroxyl groups is 1. The van der Waals surface area contributed by atoms with Crippen LogP contribution in [0.1, 0.15) is 91.3 Å². The van der Waals surface area contributed by atoms with E-state index in [0.717, 1.165) is 30.5 Å². The van der Waals surface area contributed by atoms with Crippen molar-refractivity contribution in [3.05, 3.63) is 28.8 Å². The van der Waals surface area contributed by atoms with E-state index < -0.39 is 0 Å². The molecule has 0 bridgehead atoms. The Morgan fingerprint density at radius 2 is 1.64 bits per heavy atom. The van der Waals surface area contributed by atoms with Crippen LogP contribution in [0.2, 0.25) is 0 Å². The van der Waals surface area contributed by atoms with Crippen LogP contribution in [0.4, 0.5) is 0 Å². The van der Waals surface area contributed by atoms with Crippen molar-refractivity contribution in [1.82, 2.24) is 4.90 Å². The van der Waals surface area contributed by atoms with Crippen LogP contribution in [0.25, 0.3) is 0 Å².